The van der Waals surface area contributed by atoms with Gasteiger partial charge in [-0.05, 0) is 118 Å². The van der Waals surface area contributed by atoms with Crippen molar-refractivity contribution in [3.63, 3.8) is 0 Å². The van der Waals surface area contributed by atoms with Crippen molar-refractivity contribution in [2.45, 2.75) is 158 Å². The molecule has 0 aromatic heterocycles. The van der Waals surface area contributed by atoms with Gasteiger partial charge in [-0.3, -0.25) is 0 Å². The van der Waals surface area contributed by atoms with Crippen molar-refractivity contribution in [1.29, 1.82) is 0 Å². The van der Waals surface area contributed by atoms with Gasteiger partial charge in [0.2, 0.25) is 0 Å². The maximum absolute atomic E-state index is 13.2. The van der Waals surface area contributed by atoms with Gasteiger partial charge in [0.1, 0.15) is 11.5 Å². The minimum absolute atomic E-state index is 0. The smallest absolute Gasteiger partial charge is 0.872 e. The van der Waals surface area contributed by atoms with Gasteiger partial charge in [-0.25, -0.2) is 19.2 Å². The van der Waals surface area contributed by atoms with Crippen molar-refractivity contribution in [3.8, 4) is 23.0 Å². The van der Waals surface area contributed by atoms with Gasteiger partial charge in [-0.15, -0.1) is 11.5 Å². The largest absolute Gasteiger partial charge is 2.00 e. The molecule has 0 aliphatic heterocycles. The molecular formula is C52H66NiO10. The Labute approximate surface area is 384 Å². The zero-order chi connectivity index (χ0) is 47.2. The van der Waals surface area contributed by atoms with Crippen LogP contribution < -0.4 is 19.7 Å². The van der Waals surface area contributed by atoms with Crippen molar-refractivity contribution in [1.82, 2.24) is 0 Å². The quantitative estimate of drug-likeness (QED) is 0.0704. The zero-order valence-corrected chi connectivity index (χ0v) is 40.7. The molecule has 11 heteroatoms. The Kier molecular flexibility index (Phi) is 19.3. The van der Waals surface area contributed by atoms with Crippen LogP contribution in [0.4, 0.5) is 0 Å². The molecule has 0 amide bonds. The van der Waals surface area contributed by atoms with E-state index in [1.165, 1.54) is 0 Å². The fourth-order valence-corrected chi connectivity index (χ4v) is 7.15. The SMILES string of the molecule is CC(C)c1cc(C(=O)Oc2c(C(C)C)cc(C(=O)O)cc2C(C)C)cc(C(C)C)c1[O-].CC(C)c1cc(C(=O)Oc2c(C(C)C)cc(C(=O)O)cc2C(C)C)cc(C(C)C)c1[O-].[Ni+2]. The monoisotopic (exact) mass is 908 g/mol. The fourth-order valence-electron chi connectivity index (χ4n) is 7.15. The van der Waals surface area contributed by atoms with Crippen LogP contribution >= 0.6 is 0 Å². The van der Waals surface area contributed by atoms with E-state index in [2.05, 4.69) is 0 Å². The molecule has 0 unspecified atom stereocenters. The summed E-state index contributed by atoms with van der Waals surface area (Å²) in [4.78, 5) is 49.6. The summed E-state index contributed by atoms with van der Waals surface area (Å²) >= 11 is 0. The number of esters is 2. The maximum atomic E-state index is 13.2. The fraction of sp³-hybridized carbons (Fsp3) is 0.462. The normalized spacial score (nSPS) is 11.4. The molecule has 4 aromatic carbocycles. The molecule has 344 valence electrons. The number of ether oxygens (including phenoxy) is 2. The molecule has 0 fully saturated rings. The summed E-state index contributed by atoms with van der Waals surface area (Å²) in [5.41, 5.74) is 6.06. The summed E-state index contributed by atoms with van der Waals surface area (Å²) in [7, 11) is 0. The minimum Gasteiger partial charge on any atom is -0.872 e. The van der Waals surface area contributed by atoms with E-state index in [0.29, 0.717) is 67.1 Å². The van der Waals surface area contributed by atoms with Crippen LogP contribution in [0.3, 0.4) is 0 Å². The van der Waals surface area contributed by atoms with Crippen LogP contribution in [0, 0.1) is 0 Å². The molecule has 10 nitrogen and oxygen atoms in total. The predicted molar refractivity (Wildman–Crippen MR) is 241 cm³/mol. The molecule has 0 atom stereocenters. The minimum atomic E-state index is -1.02. The topological polar surface area (TPSA) is 173 Å². The van der Waals surface area contributed by atoms with Crippen molar-refractivity contribution in [2.75, 3.05) is 0 Å². The van der Waals surface area contributed by atoms with Crippen LogP contribution in [0.2, 0.25) is 0 Å². The average Bonchev–Trinajstić information content (AvgIpc) is 3.17. The molecule has 0 saturated carbocycles. The summed E-state index contributed by atoms with van der Waals surface area (Å²) < 4.78 is 11.8. The van der Waals surface area contributed by atoms with Gasteiger partial charge in [0, 0.05) is 0 Å². The second-order valence-corrected chi connectivity index (χ2v) is 18.6. The Balaban J connectivity index is 0.000000427. The summed E-state index contributed by atoms with van der Waals surface area (Å²) in [6, 6.07) is 12.8. The number of hydrogen-bond acceptors (Lipinski definition) is 8. The Morgan fingerprint density at radius 3 is 0.698 bits per heavy atom. The third kappa shape index (κ3) is 13.0. The van der Waals surface area contributed by atoms with Gasteiger partial charge in [0.15, 0.2) is 0 Å². The molecule has 0 spiro atoms. The summed E-state index contributed by atoms with van der Waals surface area (Å²) in [5, 5.41) is 44.5. The van der Waals surface area contributed by atoms with Gasteiger partial charge in [-0.1, -0.05) is 133 Å². The molecule has 4 rings (SSSR count). The Hall–Kier alpha value is -5.15. The Morgan fingerprint density at radius 2 is 0.540 bits per heavy atom. The van der Waals surface area contributed by atoms with Gasteiger partial charge in [0.25, 0.3) is 0 Å². The van der Waals surface area contributed by atoms with Crippen LogP contribution in [-0.2, 0) is 16.5 Å². The van der Waals surface area contributed by atoms with Gasteiger partial charge >= 0.3 is 40.4 Å². The molecule has 0 aliphatic carbocycles. The molecule has 2 N–H and O–H groups in total. The molecule has 0 aliphatic rings. The molecule has 63 heavy (non-hydrogen) atoms. The second-order valence-electron chi connectivity index (χ2n) is 18.6. The van der Waals surface area contributed by atoms with E-state index in [1.54, 1.807) is 48.5 Å². The Bertz CT molecular complexity index is 2020. The number of hydrogen-bond donors (Lipinski definition) is 2. The Morgan fingerprint density at radius 1 is 0.365 bits per heavy atom. The summed E-state index contributed by atoms with van der Waals surface area (Å²) in [5.74, 6) is -2.63. The van der Waals surface area contributed by atoms with E-state index < -0.39 is 23.9 Å². The van der Waals surface area contributed by atoms with E-state index in [9.17, 15) is 39.6 Å². The molecule has 0 bridgehead atoms. The number of carbonyl (C=O) groups is 4. The van der Waals surface area contributed by atoms with Crippen LogP contribution in [0.15, 0.2) is 48.5 Å². The van der Waals surface area contributed by atoms with E-state index in [0.717, 1.165) is 0 Å². The molecule has 4 aromatic rings. The number of carboxylic acid groups (broad SMARTS) is 2. The second kappa shape index (κ2) is 22.5. The number of aromatic carboxylic acids is 2. The first-order valence-corrected chi connectivity index (χ1v) is 21.7. The van der Waals surface area contributed by atoms with Gasteiger partial charge < -0.3 is 29.9 Å². The maximum Gasteiger partial charge on any atom is 2.00 e. The first-order chi connectivity index (χ1) is 28.7. The third-order valence-electron chi connectivity index (χ3n) is 10.9. The van der Waals surface area contributed by atoms with E-state index >= 15 is 0 Å². The van der Waals surface area contributed by atoms with E-state index in [-0.39, 0.29) is 86.5 Å². The molecular weight excluding hydrogens is 843 g/mol. The van der Waals surface area contributed by atoms with Crippen LogP contribution in [-0.4, -0.2) is 34.1 Å². The number of rotatable bonds is 14. The predicted octanol–water partition coefficient (Wildman–Crippen LogP) is 12.3. The average molecular weight is 910 g/mol. The third-order valence-corrected chi connectivity index (χ3v) is 10.9. The van der Waals surface area contributed by atoms with Crippen molar-refractivity contribution < 1.29 is 65.6 Å². The van der Waals surface area contributed by atoms with Gasteiger partial charge in [-0.2, -0.15) is 0 Å². The van der Waals surface area contributed by atoms with Crippen LogP contribution in [0.25, 0.3) is 0 Å². The number of benzene rings is 4. The molecule has 0 radical (unpaired) electrons. The van der Waals surface area contributed by atoms with Crippen molar-refractivity contribution in [3.05, 3.63) is 115 Å². The van der Waals surface area contributed by atoms with Gasteiger partial charge in [0.05, 0.1) is 22.3 Å². The molecule has 0 heterocycles. The van der Waals surface area contributed by atoms with Crippen LogP contribution in [0.1, 0.15) is 244 Å². The summed E-state index contributed by atoms with van der Waals surface area (Å²) in [6.07, 6.45) is 0. The standard InChI is InChI=1S/2C26H34O5.Ni/c2*1-13(2)19-11-18(12-20(14(3)4)23(19)27)26(30)31-24-21(15(5)6)9-17(25(28)29)10-22(24)16(7)8;/h2*9-16,27H,1-8H3,(H,28,29);/q;;+2/p-2. The molecule has 0 saturated heterocycles. The first-order valence-electron chi connectivity index (χ1n) is 21.7. The number of carbonyl (C=O) groups excluding carboxylic acids is 2. The number of carboxylic acids is 2. The summed E-state index contributed by atoms with van der Waals surface area (Å²) in [6.45, 7) is 30.9. The van der Waals surface area contributed by atoms with E-state index in [4.69, 9.17) is 9.47 Å². The first kappa shape index (κ1) is 54.0. The van der Waals surface area contributed by atoms with E-state index in [1.807, 2.05) is 111 Å². The zero-order valence-electron chi connectivity index (χ0n) is 39.7. The van der Waals surface area contributed by atoms with Crippen LogP contribution in [0.5, 0.6) is 23.0 Å². The van der Waals surface area contributed by atoms with Crippen molar-refractivity contribution in [2.24, 2.45) is 0 Å². The van der Waals surface area contributed by atoms with Crippen molar-refractivity contribution >= 4 is 23.9 Å².